The molecule has 3 aromatic rings. The highest BCUT2D eigenvalue weighted by atomic mass is 19.1. The van der Waals surface area contributed by atoms with E-state index in [0.717, 1.165) is 17.8 Å². The van der Waals surface area contributed by atoms with Gasteiger partial charge in [0.1, 0.15) is 5.69 Å². The minimum absolute atomic E-state index is 0.127. The predicted octanol–water partition coefficient (Wildman–Crippen LogP) is 2.52. The van der Waals surface area contributed by atoms with Crippen molar-refractivity contribution in [1.29, 1.82) is 0 Å². The molecular formula is C20H22FN5O3. The summed E-state index contributed by atoms with van der Waals surface area (Å²) in [5, 5.41) is 19.1. The monoisotopic (exact) mass is 399 g/mol. The van der Waals surface area contributed by atoms with E-state index in [1.54, 1.807) is 23.2 Å². The molecule has 0 spiro atoms. The molecule has 0 aromatic carbocycles. The minimum Gasteiger partial charge on any atom is -0.385 e. The van der Waals surface area contributed by atoms with Crippen LogP contribution in [0.1, 0.15) is 41.6 Å². The zero-order chi connectivity index (χ0) is 20.6. The molecule has 1 aliphatic heterocycles. The number of carbonyl (C=O) groups is 1. The van der Waals surface area contributed by atoms with Gasteiger partial charge in [-0.1, -0.05) is 11.2 Å². The minimum atomic E-state index is -1.34. The van der Waals surface area contributed by atoms with Crippen molar-refractivity contribution in [2.24, 2.45) is 0 Å². The lowest BCUT2D eigenvalue weighted by Gasteiger charge is -2.37. The van der Waals surface area contributed by atoms with Crippen LogP contribution in [0.15, 0.2) is 35.1 Å². The fourth-order valence-electron chi connectivity index (χ4n) is 3.76. The van der Waals surface area contributed by atoms with E-state index in [1.807, 2.05) is 18.5 Å². The maximum absolute atomic E-state index is 14.0. The first-order valence-corrected chi connectivity index (χ1v) is 9.55. The summed E-state index contributed by atoms with van der Waals surface area (Å²) in [6, 6.07) is 4.72. The second-order valence-electron chi connectivity index (χ2n) is 7.20. The molecule has 3 aromatic heterocycles. The lowest BCUT2D eigenvalue weighted by molar-refractivity contribution is -0.0248. The Labute approximate surface area is 166 Å². The highest BCUT2D eigenvalue weighted by Gasteiger charge is 2.38. The number of carbonyl (C=O) groups excluding carboxylic acids is 1. The fraction of sp³-hybridized carbons (Fsp3) is 0.400. The summed E-state index contributed by atoms with van der Waals surface area (Å²) in [5.41, 5.74) is 1.14. The molecule has 1 aliphatic rings. The average Bonchev–Trinajstić information content (AvgIpc) is 3.34. The van der Waals surface area contributed by atoms with Crippen LogP contribution < -0.4 is 0 Å². The number of halogens is 1. The van der Waals surface area contributed by atoms with Crippen LogP contribution in [0.2, 0.25) is 0 Å². The third-order valence-electron chi connectivity index (χ3n) is 5.54. The van der Waals surface area contributed by atoms with Crippen LogP contribution in [0.25, 0.3) is 11.3 Å². The summed E-state index contributed by atoms with van der Waals surface area (Å²) >= 11 is 0. The number of aryl methyl sites for hydroxylation is 1. The van der Waals surface area contributed by atoms with Gasteiger partial charge < -0.3 is 14.5 Å². The highest BCUT2D eigenvalue weighted by molar-refractivity contribution is 5.92. The number of rotatable bonds is 4. The number of pyridine rings is 1. The molecule has 9 heteroatoms. The Kier molecular flexibility index (Phi) is 4.91. The molecule has 0 atom stereocenters. The van der Waals surface area contributed by atoms with Crippen molar-refractivity contribution >= 4 is 5.91 Å². The van der Waals surface area contributed by atoms with Crippen LogP contribution in [-0.4, -0.2) is 48.9 Å². The van der Waals surface area contributed by atoms with Gasteiger partial charge in [-0.2, -0.15) is 9.49 Å². The Morgan fingerprint density at radius 1 is 1.38 bits per heavy atom. The Hall–Kier alpha value is -3.07. The van der Waals surface area contributed by atoms with E-state index in [1.165, 1.54) is 12.3 Å². The maximum Gasteiger partial charge on any atom is 0.292 e. The Balaban J connectivity index is 1.47. The molecule has 1 fully saturated rings. The third kappa shape index (κ3) is 3.42. The molecule has 29 heavy (non-hydrogen) atoms. The number of amides is 1. The van der Waals surface area contributed by atoms with Crippen molar-refractivity contribution in [2.45, 2.75) is 38.8 Å². The molecule has 152 valence electrons. The number of aromatic nitrogens is 4. The van der Waals surface area contributed by atoms with Crippen LogP contribution in [0, 0.1) is 12.9 Å². The summed E-state index contributed by atoms with van der Waals surface area (Å²) in [6.45, 7) is 5.21. The zero-order valence-electron chi connectivity index (χ0n) is 16.3. The summed E-state index contributed by atoms with van der Waals surface area (Å²) in [6.07, 6.45) is 3.47. The van der Waals surface area contributed by atoms with E-state index in [-0.39, 0.29) is 43.2 Å². The van der Waals surface area contributed by atoms with Crippen LogP contribution >= 0.6 is 0 Å². The maximum atomic E-state index is 14.0. The first-order chi connectivity index (χ1) is 13.9. The number of hydrogen-bond donors (Lipinski definition) is 1. The van der Waals surface area contributed by atoms with Gasteiger partial charge in [-0.15, -0.1) is 0 Å². The summed E-state index contributed by atoms with van der Waals surface area (Å²) < 4.78 is 21.1. The van der Waals surface area contributed by atoms with Crippen molar-refractivity contribution < 1.29 is 18.8 Å². The van der Waals surface area contributed by atoms with Crippen LogP contribution in [0.3, 0.4) is 0 Å². The first kappa shape index (κ1) is 19.3. The highest BCUT2D eigenvalue weighted by Crippen LogP contribution is 2.34. The van der Waals surface area contributed by atoms with Gasteiger partial charge in [-0.25, -0.2) is 4.98 Å². The van der Waals surface area contributed by atoms with E-state index < -0.39 is 11.5 Å². The molecule has 4 heterocycles. The van der Waals surface area contributed by atoms with Gasteiger partial charge in [0.15, 0.2) is 0 Å². The van der Waals surface area contributed by atoms with Crippen LogP contribution in [-0.2, 0) is 12.1 Å². The van der Waals surface area contributed by atoms with Crippen molar-refractivity contribution in [3.05, 3.63) is 53.6 Å². The van der Waals surface area contributed by atoms with Crippen molar-refractivity contribution in [3.8, 4) is 11.3 Å². The third-order valence-corrected chi connectivity index (χ3v) is 5.54. The molecule has 0 unspecified atom stereocenters. The lowest BCUT2D eigenvalue weighted by atomic mass is 9.85. The largest absolute Gasteiger partial charge is 0.385 e. The Morgan fingerprint density at radius 2 is 2.14 bits per heavy atom. The molecular weight excluding hydrogens is 377 g/mol. The number of likely N-dealkylation sites (tertiary alicyclic amines) is 1. The molecule has 4 rings (SSSR count). The summed E-state index contributed by atoms with van der Waals surface area (Å²) in [7, 11) is 0. The molecule has 0 saturated carbocycles. The average molecular weight is 399 g/mol. The molecule has 8 nitrogen and oxygen atoms in total. The summed E-state index contributed by atoms with van der Waals surface area (Å²) in [4.78, 5) is 18.0. The zero-order valence-corrected chi connectivity index (χ0v) is 16.3. The molecule has 0 bridgehead atoms. The summed E-state index contributed by atoms with van der Waals surface area (Å²) in [5.74, 6) is -0.864. The van der Waals surface area contributed by atoms with E-state index >= 15 is 0 Å². The number of hydrogen-bond acceptors (Lipinski definition) is 6. The van der Waals surface area contributed by atoms with E-state index in [9.17, 15) is 14.3 Å². The predicted molar refractivity (Wildman–Crippen MR) is 101 cm³/mol. The Morgan fingerprint density at radius 3 is 2.79 bits per heavy atom. The normalized spacial score (nSPS) is 16.2. The second kappa shape index (κ2) is 7.40. The quantitative estimate of drug-likeness (QED) is 0.677. The Bertz CT molecular complexity index is 1040. The molecule has 1 amide bonds. The number of nitrogens with zero attached hydrogens (tertiary/aromatic N) is 5. The topological polar surface area (TPSA) is 97.3 Å². The standard InChI is InChI=1S/C20H22FN5O3/c1-3-26-13(2)14(12-23-26)16-11-17(29-24-16)19(27)25-9-6-20(28,7-10-25)15-5-4-8-22-18(15)21/h4-5,8,11-12,28H,3,6-7,9-10H2,1-2H3. The van der Waals surface area contributed by atoms with Crippen molar-refractivity contribution in [1.82, 2.24) is 24.8 Å². The smallest absolute Gasteiger partial charge is 0.292 e. The molecule has 1 N–H and O–H groups in total. The molecule has 0 radical (unpaired) electrons. The van der Waals surface area contributed by atoms with E-state index in [0.29, 0.717) is 5.69 Å². The lowest BCUT2D eigenvalue weighted by Crippen LogP contribution is -2.45. The van der Waals surface area contributed by atoms with Crippen LogP contribution in [0.5, 0.6) is 0 Å². The van der Waals surface area contributed by atoms with Gasteiger partial charge in [0.25, 0.3) is 5.91 Å². The fourth-order valence-corrected chi connectivity index (χ4v) is 3.76. The van der Waals surface area contributed by atoms with Gasteiger partial charge in [0, 0.05) is 48.7 Å². The van der Waals surface area contributed by atoms with Crippen LogP contribution in [0.4, 0.5) is 4.39 Å². The SMILES string of the molecule is CCn1ncc(-c2cc(C(=O)N3CCC(O)(c4cccnc4F)CC3)on2)c1C. The molecule has 0 aliphatic carbocycles. The molecule has 1 saturated heterocycles. The van der Waals surface area contributed by atoms with Crippen molar-refractivity contribution in [2.75, 3.05) is 13.1 Å². The van der Waals surface area contributed by atoms with Crippen molar-refractivity contribution in [3.63, 3.8) is 0 Å². The van der Waals surface area contributed by atoms with Gasteiger partial charge in [-0.3, -0.25) is 9.48 Å². The second-order valence-corrected chi connectivity index (χ2v) is 7.20. The van der Waals surface area contributed by atoms with Gasteiger partial charge in [-0.05, 0) is 32.8 Å². The van der Waals surface area contributed by atoms with E-state index in [2.05, 4.69) is 15.2 Å². The van der Waals surface area contributed by atoms with E-state index in [4.69, 9.17) is 4.52 Å². The van der Waals surface area contributed by atoms with Gasteiger partial charge in [0.2, 0.25) is 11.7 Å². The van der Waals surface area contributed by atoms with Gasteiger partial charge in [0.05, 0.1) is 11.8 Å². The first-order valence-electron chi connectivity index (χ1n) is 9.55. The number of aliphatic hydroxyl groups is 1. The number of piperidine rings is 1. The van der Waals surface area contributed by atoms with Gasteiger partial charge >= 0.3 is 0 Å².